The molecule has 1 spiro atoms. The standard InChI is InChI=1S/C24H24F3N3O2S/c1-33-22-17(3-2-11-28-22)23(32)29-12-8-24(9-13-29)10-14-30(15-24)19(31)7-5-16-4-6-18(25)21(27)20(16)26/h2-7,11H,8-10,12-15H2,1H3/b7-5+. The maximum Gasteiger partial charge on any atom is 0.256 e. The molecule has 1 aromatic carbocycles. The van der Waals surface area contributed by atoms with Crippen molar-refractivity contribution in [3.63, 3.8) is 0 Å². The lowest BCUT2D eigenvalue weighted by atomic mass is 9.77. The fourth-order valence-electron chi connectivity index (χ4n) is 4.54. The van der Waals surface area contributed by atoms with Crippen LogP contribution in [0.15, 0.2) is 41.6 Å². The Morgan fingerprint density at radius 2 is 1.73 bits per heavy atom. The van der Waals surface area contributed by atoms with Crippen molar-refractivity contribution in [2.75, 3.05) is 32.4 Å². The first-order valence-corrected chi connectivity index (χ1v) is 11.9. The van der Waals surface area contributed by atoms with Gasteiger partial charge < -0.3 is 9.80 Å². The number of aromatic nitrogens is 1. The minimum absolute atomic E-state index is 0.0234. The predicted octanol–water partition coefficient (Wildman–Crippen LogP) is 4.39. The summed E-state index contributed by atoms with van der Waals surface area (Å²) in [5, 5.41) is 0.713. The summed E-state index contributed by atoms with van der Waals surface area (Å²) in [7, 11) is 0. The van der Waals surface area contributed by atoms with Crippen LogP contribution in [0.25, 0.3) is 6.08 Å². The van der Waals surface area contributed by atoms with Crippen molar-refractivity contribution < 1.29 is 22.8 Å². The van der Waals surface area contributed by atoms with Gasteiger partial charge >= 0.3 is 0 Å². The molecule has 2 fully saturated rings. The minimum atomic E-state index is -1.55. The molecule has 2 amide bonds. The molecule has 0 atom stereocenters. The summed E-state index contributed by atoms with van der Waals surface area (Å²) in [6.07, 6.45) is 8.34. The molecule has 2 aromatic rings. The Bertz CT molecular complexity index is 1100. The van der Waals surface area contributed by atoms with Crippen molar-refractivity contribution in [2.45, 2.75) is 24.3 Å². The number of hydrogen-bond donors (Lipinski definition) is 0. The number of carbonyl (C=O) groups excluding carboxylic acids is 2. The zero-order chi connectivity index (χ0) is 23.6. The van der Waals surface area contributed by atoms with E-state index in [9.17, 15) is 22.8 Å². The zero-order valence-corrected chi connectivity index (χ0v) is 19.0. The van der Waals surface area contributed by atoms with Gasteiger partial charge in [0.2, 0.25) is 5.91 Å². The molecule has 174 valence electrons. The first-order valence-electron chi connectivity index (χ1n) is 10.7. The second kappa shape index (κ2) is 9.59. The van der Waals surface area contributed by atoms with Crippen molar-refractivity contribution in [3.8, 4) is 0 Å². The Morgan fingerprint density at radius 3 is 2.42 bits per heavy atom. The fourth-order valence-corrected chi connectivity index (χ4v) is 5.08. The highest BCUT2D eigenvalue weighted by atomic mass is 32.2. The lowest BCUT2D eigenvalue weighted by Crippen LogP contribution is -2.44. The van der Waals surface area contributed by atoms with Gasteiger partial charge in [-0.05, 0) is 61.3 Å². The molecule has 0 N–H and O–H groups in total. The second-order valence-corrected chi connectivity index (χ2v) is 9.26. The van der Waals surface area contributed by atoms with Gasteiger partial charge in [0.05, 0.1) is 5.56 Å². The molecule has 2 aliphatic heterocycles. The van der Waals surface area contributed by atoms with Gasteiger partial charge in [-0.1, -0.05) is 0 Å². The molecule has 0 aliphatic carbocycles. The molecule has 33 heavy (non-hydrogen) atoms. The molecule has 2 aliphatic rings. The Morgan fingerprint density at radius 1 is 1.03 bits per heavy atom. The maximum absolute atomic E-state index is 13.8. The number of carbonyl (C=O) groups is 2. The Labute approximate surface area is 194 Å². The maximum atomic E-state index is 13.8. The highest BCUT2D eigenvalue weighted by Gasteiger charge is 2.42. The first-order chi connectivity index (χ1) is 15.8. The number of pyridine rings is 1. The normalized spacial score (nSPS) is 17.8. The third-order valence-corrected chi connectivity index (χ3v) is 7.24. The van der Waals surface area contributed by atoms with E-state index in [4.69, 9.17) is 0 Å². The Balaban J connectivity index is 1.36. The van der Waals surface area contributed by atoms with E-state index in [1.54, 1.807) is 23.2 Å². The second-order valence-electron chi connectivity index (χ2n) is 8.46. The molecule has 0 radical (unpaired) electrons. The average Bonchev–Trinajstić information content (AvgIpc) is 3.25. The zero-order valence-electron chi connectivity index (χ0n) is 18.2. The van der Waals surface area contributed by atoms with E-state index < -0.39 is 17.5 Å². The van der Waals surface area contributed by atoms with Crippen LogP contribution >= 0.6 is 11.8 Å². The van der Waals surface area contributed by atoms with Crippen LogP contribution in [-0.2, 0) is 4.79 Å². The lowest BCUT2D eigenvalue weighted by molar-refractivity contribution is -0.125. The van der Waals surface area contributed by atoms with Crippen molar-refractivity contribution in [1.82, 2.24) is 14.8 Å². The van der Waals surface area contributed by atoms with E-state index in [1.807, 2.05) is 11.2 Å². The number of nitrogens with zero attached hydrogens (tertiary/aromatic N) is 3. The summed E-state index contributed by atoms with van der Waals surface area (Å²) in [6, 6.07) is 5.48. The molecule has 0 unspecified atom stereocenters. The average molecular weight is 476 g/mol. The van der Waals surface area contributed by atoms with Gasteiger partial charge in [0, 0.05) is 44.0 Å². The molecule has 0 saturated carbocycles. The van der Waals surface area contributed by atoms with Crippen molar-refractivity contribution in [1.29, 1.82) is 0 Å². The van der Waals surface area contributed by atoms with Gasteiger partial charge in [0.15, 0.2) is 17.5 Å². The lowest BCUT2D eigenvalue weighted by Gasteiger charge is -2.39. The fraction of sp³-hybridized carbons (Fsp3) is 0.375. The smallest absolute Gasteiger partial charge is 0.256 e. The van der Waals surface area contributed by atoms with Gasteiger partial charge in [-0.15, -0.1) is 11.8 Å². The molecule has 4 rings (SSSR count). The largest absolute Gasteiger partial charge is 0.339 e. The minimum Gasteiger partial charge on any atom is -0.339 e. The third-order valence-electron chi connectivity index (χ3n) is 6.53. The number of rotatable bonds is 4. The molecule has 2 saturated heterocycles. The van der Waals surface area contributed by atoms with Gasteiger partial charge in [-0.2, -0.15) is 0 Å². The molecule has 0 bridgehead atoms. The van der Waals surface area contributed by atoms with Crippen LogP contribution in [0, 0.1) is 22.9 Å². The van der Waals surface area contributed by atoms with E-state index in [2.05, 4.69) is 4.98 Å². The van der Waals surface area contributed by atoms with Crippen LogP contribution in [0.5, 0.6) is 0 Å². The van der Waals surface area contributed by atoms with Crippen molar-refractivity contribution >= 4 is 29.7 Å². The Kier molecular flexibility index (Phi) is 6.78. The summed E-state index contributed by atoms with van der Waals surface area (Å²) < 4.78 is 40.3. The van der Waals surface area contributed by atoms with E-state index in [0.29, 0.717) is 36.8 Å². The summed E-state index contributed by atoms with van der Waals surface area (Å²) >= 11 is 1.44. The number of thioether (sulfide) groups is 1. The number of likely N-dealkylation sites (tertiary alicyclic amines) is 2. The summed E-state index contributed by atoms with van der Waals surface area (Å²) in [4.78, 5) is 33.4. The highest BCUT2D eigenvalue weighted by molar-refractivity contribution is 7.98. The quantitative estimate of drug-likeness (QED) is 0.374. The molecule has 5 nitrogen and oxygen atoms in total. The van der Waals surface area contributed by atoms with Crippen LogP contribution < -0.4 is 0 Å². The van der Waals surface area contributed by atoms with Gasteiger partial charge in [0.1, 0.15) is 5.03 Å². The monoisotopic (exact) mass is 475 g/mol. The Hall–Kier alpha value is -2.81. The van der Waals surface area contributed by atoms with Gasteiger partial charge in [-0.25, -0.2) is 18.2 Å². The van der Waals surface area contributed by atoms with Crippen LogP contribution in [0.1, 0.15) is 35.2 Å². The van der Waals surface area contributed by atoms with E-state index >= 15 is 0 Å². The molecule has 1 aromatic heterocycles. The van der Waals surface area contributed by atoms with Crippen molar-refractivity contribution in [2.24, 2.45) is 5.41 Å². The summed E-state index contributed by atoms with van der Waals surface area (Å²) in [5.41, 5.74) is 0.381. The summed E-state index contributed by atoms with van der Waals surface area (Å²) in [6.45, 7) is 2.34. The van der Waals surface area contributed by atoms with Crippen LogP contribution in [0.4, 0.5) is 13.2 Å². The molecule has 3 heterocycles. The van der Waals surface area contributed by atoms with Crippen LogP contribution in [0.2, 0.25) is 0 Å². The number of halogens is 3. The topological polar surface area (TPSA) is 53.5 Å². The third kappa shape index (κ3) is 4.78. The predicted molar refractivity (Wildman–Crippen MR) is 120 cm³/mol. The SMILES string of the molecule is CSc1ncccc1C(=O)N1CCC2(CCN(C(=O)/C=C/c3ccc(F)c(F)c3F)C2)CC1. The number of amides is 2. The van der Waals surface area contributed by atoms with Gasteiger partial charge in [-0.3, -0.25) is 9.59 Å². The highest BCUT2D eigenvalue weighted by Crippen LogP contribution is 2.41. The van der Waals surface area contributed by atoms with E-state index in [-0.39, 0.29) is 22.8 Å². The van der Waals surface area contributed by atoms with Crippen molar-refractivity contribution in [3.05, 3.63) is 65.1 Å². The first kappa shape index (κ1) is 23.4. The molecular formula is C24H24F3N3O2S. The van der Waals surface area contributed by atoms with E-state index in [1.165, 1.54) is 23.9 Å². The van der Waals surface area contributed by atoms with Gasteiger partial charge in [0.25, 0.3) is 5.91 Å². The number of benzene rings is 1. The van der Waals surface area contributed by atoms with E-state index in [0.717, 1.165) is 31.4 Å². The summed E-state index contributed by atoms with van der Waals surface area (Å²) in [5.74, 6) is -4.45. The number of piperidine rings is 1. The molecular weight excluding hydrogens is 451 g/mol. The van der Waals surface area contributed by atoms with Crippen LogP contribution in [0.3, 0.4) is 0 Å². The van der Waals surface area contributed by atoms with Crippen LogP contribution in [-0.4, -0.2) is 59.0 Å². The number of hydrogen-bond acceptors (Lipinski definition) is 4. The molecule has 9 heteroatoms.